The predicted molar refractivity (Wildman–Crippen MR) is 102 cm³/mol. The third-order valence-electron chi connectivity index (χ3n) is 3.93. The summed E-state index contributed by atoms with van der Waals surface area (Å²) in [5.41, 5.74) is 0.882. The lowest BCUT2D eigenvalue weighted by Crippen LogP contribution is -2.15. The number of carboxylic acids is 1. The molecular weight excluding hydrogens is 348 g/mol. The van der Waals surface area contributed by atoms with Crippen LogP contribution in [-0.2, 0) is 11.2 Å². The molecule has 0 aliphatic carbocycles. The van der Waals surface area contributed by atoms with E-state index in [1.807, 2.05) is 72.1 Å². The molecule has 0 saturated carbocycles. The van der Waals surface area contributed by atoms with E-state index in [4.69, 9.17) is 9.47 Å². The van der Waals surface area contributed by atoms with Crippen LogP contribution in [0.15, 0.2) is 72.1 Å². The fraction of sp³-hybridized carbons (Fsp3) is 0.190. The second-order valence-corrected chi connectivity index (χ2v) is 6.71. The number of benzene rings is 2. The molecule has 1 unspecified atom stereocenters. The monoisotopic (exact) mass is 368 g/mol. The van der Waals surface area contributed by atoms with Crippen molar-refractivity contribution in [3.05, 3.63) is 82.6 Å². The summed E-state index contributed by atoms with van der Waals surface area (Å²) in [4.78, 5) is 12.5. The first kappa shape index (κ1) is 18.0. The largest absolute Gasteiger partial charge is 0.490 e. The molecule has 0 bridgehead atoms. The second kappa shape index (κ2) is 9.06. The van der Waals surface area contributed by atoms with Gasteiger partial charge in [-0.05, 0) is 41.6 Å². The summed E-state index contributed by atoms with van der Waals surface area (Å²) in [5.74, 6) is 0.106. The van der Waals surface area contributed by atoms with Gasteiger partial charge in [-0.3, -0.25) is 4.79 Å². The standard InChI is InChI=1S/C21H20O4S/c22-21(23)18(20-11-6-14-26-20)15-16-7-4-5-10-19(16)25-13-12-24-17-8-2-1-3-9-17/h1-11,14,18H,12-13,15H2,(H,22,23). The Balaban J connectivity index is 1.61. The number of para-hydroxylation sites is 2. The molecule has 0 spiro atoms. The summed E-state index contributed by atoms with van der Waals surface area (Å²) in [5, 5.41) is 11.5. The Kier molecular flexibility index (Phi) is 6.28. The van der Waals surface area contributed by atoms with E-state index in [0.717, 1.165) is 16.2 Å². The predicted octanol–water partition coefficient (Wildman–Crippen LogP) is 4.62. The first-order valence-electron chi connectivity index (χ1n) is 8.39. The van der Waals surface area contributed by atoms with E-state index >= 15 is 0 Å². The van der Waals surface area contributed by atoms with Gasteiger partial charge in [-0.25, -0.2) is 0 Å². The van der Waals surface area contributed by atoms with Gasteiger partial charge >= 0.3 is 5.97 Å². The van der Waals surface area contributed by atoms with Crippen molar-refractivity contribution >= 4 is 17.3 Å². The maximum atomic E-state index is 11.7. The highest BCUT2D eigenvalue weighted by Crippen LogP contribution is 2.29. The summed E-state index contributed by atoms with van der Waals surface area (Å²) in [6.07, 6.45) is 0.394. The Morgan fingerprint density at radius 2 is 1.65 bits per heavy atom. The van der Waals surface area contributed by atoms with E-state index in [1.54, 1.807) is 0 Å². The van der Waals surface area contributed by atoms with E-state index in [9.17, 15) is 9.90 Å². The van der Waals surface area contributed by atoms with Crippen LogP contribution in [-0.4, -0.2) is 24.3 Å². The van der Waals surface area contributed by atoms with Gasteiger partial charge in [-0.15, -0.1) is 11.3 Å². The number of hydrogen-bond acceptors (Lipinski definition) is 4. The molecule has 1 atom stereocenters. The smallest absolute Gasteiger partial charge is 0.312 e. The third kappa shape index (κ3) is 4.86. The molecule has 0 fully saturated rings. The van der Waals surface area contributed by atoms with Gasteiger partial charge in [0.25, 0.3) is 0 Å². The number of carbonyl (C=O) groups is 1. The van der Waals surface area contributed by atoms with Crippen molar-refractivity contribution < 1.29 is 19.4 Å². The highest BCUT2D eigenvalue weighted by atomic mass is 32.1. The van der Waals surface area contributed by atoms with Crippen molar-refractivity contribution in [2.45, 2.75) is 12.3 Å². The Labute approximate surface area is 156 Å². The Hall–Kier alpha value is -2.79. The molecule has 2 aromatic carbocycles. The van der Waals surface area contributed by atoms with E-state index in [1.165, 1.54) is 11.3 Å². The molecule has 3 aromatic rings. The van der Waals surface area contributed by atoms with Gasteiger partial charge < -0.3 is 14.6 Å². The lowest BCUT2D eigenvalue weighted by molar-refractivity contribution is -0.138. The molecule has 0 aliphatic rings. The lowest BCUT2D eigenvalue weighted by Gasteiger charge is -2.15. The normalized spacial score (nSPS) is 11.7. The van der Waals surface area contributed by atoms with Crippen LogP contribution in [0.2, 0.25) is 0 Å². The Morgan fingerprint density at radius 3 is 2.38 bits per heavy atom. The number of thiophene rings is 1. The van der Waals surface area contributed by atoms with Crippen LogP contribution in [0.5, 0.6) is 11.5 Å². The summed E-state index contributed by atoms with van der Waals surface area (Å²) in [7, 11) is 0. The SMILES string of the molecule is O=C(O)C(Cc1ccccc1OCCOc1ccccc1)c1cccs1. The maximum absolute atomic E-state index is 11.7. The molecule has 1 heterocycles. The topological polar surface area (TPSA) is 55.8 Å². The highest BCUT2D eigenvalue weighted by molar-refractivity contribution is 7.10. The van der Waals surface area contributed by atoms with Crippen LogP contribution in [0.25, 0.3) is 0 Å². The molecule has 4 nitrogen and oxygen atoms in total. The minimum Gasteiger partial charge on any atom is -0.490 e. The molecule has 1 N–H and O–H groups in total. The van der Waals surface area contributed by atoms with E-state index in [2.05, 4.69) is 0 Å². The molecule has 0 radical (unpaired) electrons. The fourth-order valence-electron chi connectivity index (χ4n) is 2.66. The number of rotatable bonds is 9. The van der Waals surface area contributed by atoms with E-state index < -0.39 is 11.9 Å². The van der Waals surface area contributed by atoms with Crippen molar-refractivity contribution in [3.63, 3.8) is 0 Å². The summed E-state index contributed by atoms with van der Waals surface area (Å²) in [6, 6.07) is 20.9. The van der Waals surface area contributed by atoms with Crippen LogP contribution >= 0.6 is 11.3 Å². The molecule has 26 heavy (non-hydrogen) atoms. The van der Waals surface area contributed by atoms with Crippen LogP contribution in [0.3, 0.4) is 0 Å². The number of carboxylic acid groups (broad SMARTS) is 1. The maximum Gasteiger partial charge on any atom is 0.312 e. The van der Waals surface area contributed by atoms with Gasteiger partial charge in [0.1, 0.15) is 24.7 Å². The highest BCUT2D eigenvalue weighted by Gasteiger charge is 2.22. The van der Waals surface area contributed by atoms with Gasteiger partial charge in [-0.1, -0.05) is 42.5 Å². The zero-order chi connectivity index (χ0) is 18.2. The number of ether oxygens (including phenoxy) is 2. The van der Waals surface area contributed by atoms with E-state index in [0.29, 0.717) is 25.4 Å². The molecule has 1 aromatic heterocycles. The van der Waals surface area contributed by atoms with Crippen molar-refractivity contribution in [1.82, 2.24) is 0 Å². The Bertz CT molecular complexity index is 815. The van der Waals surface area contributed by atoms with Gasteiger partial charge in [0.05, 0.1) is 5.92 Å². The Morgan fingerprint density at radius 1 is 0.923 bits per heavy atom. The quantitative estimate of drug-likeness (QED) is 0.560. The molecule has 0 saturated heterocycles. The number of hydrogen-bond donors (Lipinski definition) is 1. The van der Waals surface area contributed by atoms with Crippen molar-refractivity contribution in [1.29, 1.82) is 0 Å². The third-order valence-corrected chi connectivity index (χ3v) is 4.92. The molecule has 134 valence electrons. The van der Waals surface area contributed by atoms with Gasteiger partial charge in [0, 0.05) is 4.88 Å². The van der Waals surface area contributed by atoms with Crippen molar-refractivity contribution in [2.75, 3.05) is 13.2 Å². The van der Waals surface area contributed by atoms with Crippen molar-refractivity contribution in [2.24, 2.45) is 0 Å². The van der Waals surface area contributed by atoms with Gasteiger partial charge in [0.15, 0.2) is 0 Å². The molecule has 3 rings (SSSR count). The fourth-order valence-corrected chi connectivity index (χ4v) is 3.48. The average Bonchev–Trinajstić information content (AvgIpc) is 3.19. The first-order chi connectivity index (χ1) is 12.7. The van der Waals surface area contributed by atoms with Crippen LogP contribution in [0, 0.1) is 0 Å². The molecule has 5 heteroatoms. The van der Waals surface area contributed by atoms with Crippen LogP contribution in [0.1, 0.15) is 16.4 Å². The average molecular weight is 368 g/mol. The first-order valence-corrected chi connectivity index (χ1v) is 9.27. The second-order valence-electron chi connectivity index (χ2n) is 5.73. The molecular formula is C21H20O4S. The zero-order valence-electron chi connectivity index (χ0n) is 14.2. The van der Waals surface area contributed by atoms with Crippen LogP contribution < -0.4 is 9.47 Å². The summed E-state index contributed by atoms with van der Waals surface area (Å²) in [6.45, 7) is 0.814. The van der Waals surface area contributed by atoms with Gasteiger partial charge in [-0.2, -0.15) is 0 Å². The van der Waals surface area contributed by atoms with Gasteiger partial charge in [0.2, 0.25) is 0 Å². The summed E-state index contributed by atoms with van der Waals surface area (Å²) < 4.78 is 11.5. The van der Waals surface area contributed by atoms with Crippen molar-refractivity contribution in [3.8, 4) is 11.5 Å². The summed E-state index contributed by atoms with van der Waals surface area (Å²) >= 11 is 1.46. The zero-order valence-corrected chi connectivity index (χ0v) is 15.0. The number of aliphatic carboxylic acids is 1. The molecule has 0 aliphatic heterocycles. The minimum absolute atomic E-state index is 0.392. The minimum atomic E-state index is -0.824. The van der Waals surface area contributed by atoms with E-state index in [-0.39, 0.29) is 0 Å². The molecule has 0 amide bonds. The van der Waals surface area contributed by atoms with Crippen LogP contribution in [0.4, 0.5) is 0 Å². The lowest BCUT2D eigenvalue weighted by atomic mass is 9.97.